The van der Waals surface area contributed by atoms with Crippen LogP contribution in [0.5, 0.6) is 0 Å². The van der Waals surface area contributed by atoms with Crippen molar-refractivity contribution in [2.45, 2.75) is 27.4 Å². The number of anilines is 1. The predicted octanol–water partition coefficient (Wildman–Crippen LogP) is 3.52. The fourth-order valence-electron chi connectivity index (χ4n) is 2.85. The molecular weight excluding hydrogens is 392 g/mol. The summed E-state index contributed by atoms with van der Waals surface area (Å²) in [6, 6.07) is 9.36. The van der Waals surface area contributed by atoms with Crippen molar-refractivity contribution in [3.05, 3.63) is 57.7 Å². The molecule has 3 aromatic rings. The van der Waals surface area contributed by atoms with Crippen molar-refractivity contribution in [3.8, 4) is 5.69 Å². The van der Waals surface area contributed by atoms with E-state index in [-0.39, 0.29) is 18.9 Å². The topological polar surface area (TPSA) is 95.3 Å². The Bertz CT molecular complexity index is 1030. The molecule has 0 fully saturated rings. The first-order valence-electron chi connectivity index (χ1n) is 9.05. The first-order valence-corrected chi connectivity index (χ1v) is 9.86. The Kier molecular flexibility index (Phi) is 6.40. The monoisotopic (exact) mass is 414 g/mol. The van der Waals surface area contributed by atoms with E-state index in [1.165, 1.54) is 18.4 Å². The van der Waals surface area contributed by atoms with E-state index in [1.807, 2.05) is 44.2 Å². The molecule has 0 aliphatic heterocycles. The highest BCUT2D eigenvalue weighted by atomic mass is 32.1. The lowest BCUT2D eigenvalue weighted by Gasteiger charge is -2.08. The van der Waals surface area contributed by atoms with Gasteiger partial charge in [0.2, 0.25) is 0 Å². The molecule has 0 saturated heterocycles. The normalized spacial score (nSPS) is 10.8. The molecule has 29 heavy (non-hydrogen) atoms. The maximum Gasteiger partial charge on any atom is 0.341 e. The second kappa shape index (κ2) is 8.97. The SMILES string of the molecule is CCOC(=O)c1c(NC(=O)c2nnn(-c3ccccc3)c2COC)sc(C)c1C. The molecule has 0 atom stereocenters. The minimum absolute atomic E-state index is 0.134. The summed E-state index contributed by atoms with van der Waals surface area (Å²) in [6.07, 6.45) is 0. The van der Waals surface area contributed by atoms with Crippen LogP contribution in [0.3, 0.4) is 0 Å². The lowest BCUT2D eigenvalue weighted by Crippen LogP contribution is -2.17. The molecular formula is C20H22N4O4S. The number of rotatable bonds is 7. The molecule has 0 radical (unpaired) electrons. The van der Waals surface area contributed by atoms with Gasteiger partial charge in [-0.25, -0.2) is 9.48 Å². The van der Waals surface area contributed by atoms with E-state index >= 15 is 0 Å². The van der Waals surface area contributed by atoms with E-state index in [0.717, 1.165) is 16.1 Å². The molecule has 1 amide bonds. The largest absolute Gasteiger partial charge is 0.462 e. The molecule has 1 aromatic carbocycles. The first kappa shape index (κ1) is 20.7. The third-order valence-electron chi connectivity index (χ3n) is 4.35. The smallest absolute Gasteiger partial charge is 0.341 e. The summed E-state index contributed by atoms with van der Waals surface area (Å²) in [6.45, 7) is 5.86. The minimum Gasteiger partial charge on any atom is -0.462 e. The van der Waals surface area contributed by atoms with E-state index in [2.05, 4.69) is 15.6 Å². The number of nitrogens with zero attached hydrogens (tertiary/aromatic N) is 3. The number of esters is 1. The van der Waals surface area contributed by atoms with Crippen LogP contribution in [0.25, 0.3) is 5.69 Å². The molecule has 0 unspecified atom stereocenters. The lowest BCUT2D eigenvalue weighted by molar-refractivity contribution is 0.0527. The van der Waals surface area contributed by atoms with Crippen LogP contribution in [0.4, 0.5) is 5.00 Å². The molecule has 0 saturated carbocycles. The van der Waals surface area contributed by atoms with E-state index in [0.29, 0.717) is 16.3 Å². The number of methoxy groups -OCH3 is 1. The summed E-state index contributed by atoms with van der Waals surface area (Å²) >= 11 is 1.32. The summed E-state index contributed by atoms with van der Waals surface area (Å²) in [7, 11) is 1.54. The summed E-state index contributed by atoms with van der Waals surface area (Å²) in [5, 5.41) is 11.4. The number of carbonyl (C=O) groups excluding carboxylic acids is 2. The van der Waals surface area contributed by atoms with Crippen LogP contribution >= 0.6 is 11.3 Å². The number of nitrogens with one attached hydrogen (secondary N) is 1. The summed E-state index contributed by atoms with van der Waals surface area (Å²) in [4.78, 5) is 26.3. The molecule has 0 aliphatic carbocycles. The summed E-state index contributed by atoms with van der Waals surface area (Å²) < 4.78 is 12.0. The molecule has 1 N–H and O–H groups in total. The number of para-hydroxylation sites is 1. The van der Waals surface area contributed by atoms with Gasteiger partial charge in [-0.2, -0.15) is 0 Å². The molecule has 0 spiro atoms. The van der Waals surface area contributed by atoms with Crippen molar-refractivity contribution >= 4 is 28.2 Å². The van der Waals surface area contributed by atoms with Gasteiger partial charge in [0.15, 0.2) is 5.69 Å². The van der Waals surface area contributed by atoms with Gasteiger partial charge in [-0.05, 0) is 38.5 Å². The van der Waals surface area contributed by atoms with Crippen molar-refractivity contribution in [1.29, 1.82) is 0 Å². The number of aryl methyl sites for hydroxylation is 1. The minimum atomic E-state index is -0.467. The molecule has 2 heterocycles. The van der Waals surface area contributed by atoms with Crippen LogP contribution < -0.4 is 5.32 Å². The average Bonchev–Trinajstić information content (AvgIpc) is 3.24. The Morgan fingerprint density at radius 1 is 1.21 bits per heavy atom. The van der Waals surface area contributed by atoms with Gasteiger partial charge >= 0.3 is 5.97 Å². The van der Waals surface area contributed by atoms with Crippen LogP contribution in [0.2, 0.25) is 0 Å². The fourth-order valence-corrected chi connectivity index (χ4v) is 3.89. The Balaban J connectivity index is 1.96. The van der Waals surface area contributed by atoms with Crippen LogP contribution in [-0.4, -0.2) is 40.6 Å². The summed E-state index contributed by atoms with van der Waals surface area (Å²) in [5.41, 5.74) is 2.56. The third kappa shape index (κ3) is 4.20. The van der Waals surface area contributed by atoms with E-state index in [4.69, 9.17) is 9.47 Å². The van der Waals surface area contributed by atoms with Crippen LogP contribution in [0.1, 0.15) is 43.9 Å². The number of amides is 1. The number of thiophene rings is 1. The van der Waals surface area contributed by atoms with Crippen LogP contribution in [0.15, 0.2) is 30.3 Å². The molecule has 0 bridgehead atoms. The summed E-state index contributed by atoms with van der Waals surface area (Å²) in [5.74, 6) is -0.930. The third-order valence-corrected chi connectivity index (χ3v) is 5.47. The number of hydrogen-bond acceptors (Lipinski definition) is 7. The maximum atomic E-state index is 13.0. The zero-order chi connectivity index (χ0) is 21.0. The van der Waals surface area contributed by atoms with Crippen molar-refractivity contribution in [3.63, 3.8) is 0 Å². The number of aromatic nitrogens is 3. The van der Waals surface area contributed by atoms with Crippen molar-refractivity contribution in [1.82, 2.24) is 15.0 Å². The van der Waals surface area contributed by atoms with Crippen LogP contribution in [0, 0.1) is 13.8 Å². The van der Waals surface area contributed by atoms with Crippen molar-refractivity contribution in [2.75, 3.05) is 19.0 Å². The molecule has 3 rings (SSSR count). The quantitative estimate of drug-likeness (QED) is 0.595. The van der Waals surface area contributed by atoms with Gasteiger partial charge in [0.1, 0.15) is 10.7 Å². The van der Waals surface area contributed by atoms with Gasteiger partial charge in [-0.15, -0.1) is 16.4 Å². The number of hydrogen-bond donors (Lipinski definition) is 1. The highest BCUT2D eigenvalue weighted by molar-refractivity contribution is 7.16. The van der Waals surface area contributed by atoms with E-state index < -0.39 is 11.9 Å². The Labute approximate surface area is 172 Å². The maximum absolute atomic E-state index is 13.0. The zero-order valence-corrected chi connectivity index (χ0v) is 17.5. The molecule has 2 aromatic heterocycles. The Morgan fingerprint density at radius 3 is 2.59 bits per heavy atom. The van der Waals surface area contributed by atoms with Crippen molar-refractivity contribution in [2.24, 2.45) is 0 Å². The molecule has 152 valence electrons. The van der Waals surface area contributed by atoms with Gasteiger partial charge in [0, 0.05) is 12.0 Å². The number of ether oxygens (including phenoxy) is 2. The lowest BCUT2D eigenvalue weighted by atomic mass is 10.1. The van der Waals surface area contributed by atoms with Crippen LogP contribution in [-0.2, 0) is 16.1 Å². The van der Waals surface area contributed by atoms with E-state index in [1.54, 1.807) is 11.6 Å². The number of benzene rings is 1. The van der Waals surface area contributed by atoms with Gasteiger partial charge < -0.3 is 14.8 Å². The second-order valence-corrected chi connectivity index (χ2v) is 7.45. The zero-order valence-electron chi connectivity index (χ0n) is 16.7. The Morgan fingerprint density at radius 2 is 1.93 bits per heavy atom. The highest BCUT2D eigenvalue weighted by Gasteiger charge is 2.26. The second-order valence-electron chi connectivity index (χ2n) is 6.23. The fraction of sp³-hybridized carbons (Fsp3) is 0.300. The van der Waals surface area contributed by atoms with Gasteiger partial charge in [-0.1, -0.05) is 23.4 Å². The molecule has 0 aliphatic rings. The molecule has 8 nitrogen and oxygen atoms in total. The first-order chi connectivity index (χ1) is 14.0. The number of carbonyl (C=O) groups is 2. The molecule has 9 heteroatoms. The predicted molar refractivity (Wildman–Crippen MR) is 110 cm³/mol. The van der Waals surface area contributed by atoms with Gasteiger partial charge in [0.25, 0.3) is 5.91 Å². The standard InChI is InChI=1S/C20H22N4O4S/c1-5-28-20(26)16-12(2)13(3)29-19(16)21-18(25)17-15(11-27-4)24(23-22-17)14-9-7-6-8-10-14/h6-10H,5,11H2,1-4H3,(H,21,25). The van der Waals surface area contributed by atoms with Crippen molar-refractivity contribution < 1.29 is 19.1 Å². The highest BCUT2D eigenvalue weighted by Crippen LogP contribution is 2.33. The Hall–Kier alpha value is -3.04. The van der Waals surface area contributed by atoms with E-state index in [9.17, 15) is 9.59 Å². The average molecular weight is 414 g/mol. The van der Waals surface area contributed by atoms with Gasteiger partial charge in [-0.3, -0.25) is 4.79 Å². The van der Waals surface area contributed by atoms with Gasteiger partial charge in [0.05, 0.1) is 24.5 Å².